The van der Waals surface area contributed by atoms with Crippen LogP contribution in [0.4, 0.5) is 0 Å². The summed E-state index contributed by atoms with van der Waals surface area (Å²) in [5.41, 5.74) is 7.69. The topological polar surface area (TPSA) is 122 Å². The number of rotatable bonds is 7. The minimum atomic E-state index is -1.05. The SMILES string of the molecule is Cl.Cl.N=C(N)c1ccc2oc(CCc3ccc(O[C@H]4CCNC4)cc3)c(C(=O)O)c2c1. The van der Waals surface area contributed by atoms with Crippen LogP contribution in [0.5, 0.6) is 5.75 Å². The molecule has 0 saturated carbocycles. The average molecular weight is 466 g/mol. The summed E-state index contributed by atoms with van der Waals surface area (Å²) in [6.07, 6.45) is 2.33. The van der Waals surface area contributed by atoms with E-state index in [9.17, 15) is 9.90 Å². The number of amidine groups is 1. The molecular formula is C22H25Cl2N3O4. The first kappa shape index (κ1) is 24.5. The lowest BCUT2D eigenvalue weighted by atomic mass is 10.0. The molecule has 0 aliphatic carbocycles. The van der Waals surface area contributed by atoms with Gasteiger partial charge in [-0.15, -0.1) is 24.8 Å². The number of carbonyl (C=O) groups is 1. The number of fused-ring (bicyclic) bond motifs is 1. The van der Waals surface area contributed by atoms with Crippen molar-refractivity contribution in [2.75, 3.05) is 13.1 Å². The van der Waals surface area contributed by atoms with Crippen LogP contribution in [0.25, 0.3) is 11.0 Å². The number of ether oxygens (including phenoxy) is 1. The molecule has 0 amide bonds. The molecule has 3 aromatic rings. The molecule has 166 valence electrons. The Bertz CT molecular complexity index is 1060. The molecule has 0 spiro atoms. The molecule has 1 aromatic heterocycles. The standard InChI is InChI=1S/C22H23N3O4.2ClH/c23-21(24)14-4-8-18-17(11-14)20(22(26)27)19(29-18)7-3-13-1-5-15(6-2-13)28-16-9-10-25-12-16;;/h1-2,4-6,8,11,16,25H,3,7,9-10,12H2,(H3,23,24)(H,26,27);2*1H/t16-;;/m0../s1. The Morgan fingerprint density at radius 1 is 1.19 bits per heavy atom. The molecule has 7 nitrogen and oxygen atoms in total. The number of halogens is 2. The van der Waals surface area contributed by atoms with E-state index in [1.54, 1.807) is 18.2 Å². The van der Waals surface area contributed by atoms with Gasteiger partial charge in [0.25, 0.3) is 0 Å². The number of aryl methyl sites for hydroxylation is 2. The number of hydrogen-bond donors (Lipinski definition) is 4. The van der Waals surface area contributed by atoms with Crippen molar-refractivity contribution in [3.05, 3.63) is 64.9 Å². The van der Waals surface area contributed by atoms with Crippen molar-refractivity contribution in [3.63, 3.8) is 0 Å². The van der Waals surface area contributed by atoms with Gasteiger partial charge in [-0.25, -0.2) is 4.79 Å². The lowest BCUT2D eigenvalue weighted by molar-refractivity contribution is 0.0696. The highest BCUT2D eigenvalue weighted by Gasteiger charge is 2.21. The molecule has 31 heavy (non-hydrogen) atoms. The second kappa shape index (κ2) is 10.5. The van der Waals surface area contributed by atoms with E-state index in [0.717, 1.165) is 30.8 Å². The van der Waals surface area contributed by atoms with E-state index in [4.69, 9.17) is 20.3 Å². The quantitative estimate of drug-likeness (QED) is 0.311. The molecule has 2 aromatic carbocycles. The number of aromatic carboxylic acids is 1. The number of nitrogen functional groups attached to an aromatic ring is 1. The number of carboxylic acids is 1. The van der Waals surface area contributed by atoms with Crippen LogP contribution < -0.4 is 15.8 Å². The third-order valence-corrected chi connectivity index (χ3v) is 5.17. The zero-order chi connectivity index (χ0) is 20.4. The van der Waals surface area contributed by atoms with E-state index in [1.807, 2.05) is 24.3 Å². The summed E-state index contributed by atoms with van der Waals surface area (Å²) in [6.45, 7) is 1.86. The van der Waals surface area contributed by atoms with E-state index in [1.165, 1.54) is 0 Å². The van der Waals surface area contributed by atoms with Crippen LogP contribution in [0.2, 0.25) is 0 Å². The molecule has 1 saturated heterocycles. The smallest absolute Gasteiger partial charge is 0.339 e. The van der Waals surface area contributed by atoms with E-state index in [-0.39, 0.29) is 42.3 Å². The van der Waals surface area contributed by atoms with Gasteiger partial charge in [0.1, 0.15) is 34.6 Å². The number of benzene rings is 2. The average Bonchev–Trinajstić information content (AvgIpc) is 3.33. The summed E-state index contributed by atoms with van der Waals surface area (Å²) in [7, 11) is 0. The zero-order valence-corrected chi connectivity index (χ0v) is 18.4. The van der Waals surface area contributed by atoms with Gasteiger partial charge in [0.15, 0.2) is 0 Å². The highest BCUT2D eigenvalue weighted by Crippen LogP contribution is 2.28. The number of furan rings is 1. The first-order chi connectivity index (χ1) is 14.0. The number of hydrogen-bond acceptors (Lipinski definition) is 5. The molecule has 0 unspecified atom stereocenters. The van der Waals surface area contributed by atoms with E-state index in [0.29, 0.717) is 35.1 Å². The van der Waals surface area contributed by atoms with Gasteiger partial charge < -0.3 is 25.3 Å². The van der Waals surface area contributed by atoms with Gasteiger partial charge in [-0.3, -0.25) is 5.41 Å². The minimum absolute atomic E-state index is 0. The number of nitrogens with two attached hydrogens (primary N) is 1. The van der Waals surface area contributed by atoms with Gasteiger partial charge in [0.05, 0.1) is 0 Å². The molecule has 9 heteroatoms. The first-order valence-corrected chi connectivity index (χ1v) is 9.60. The van der Waals surface area contributed by atoms with E-state index < -0.39 is 5.97 Å². The second-order valence-corrected chi connectivity index (χ2v) is 7.21. The fraction of sp³-hybridized carbons (Fsp3) is 0.273. The highest BCUT2D eigenvalue weighted by molar-refractivity contribution is 6.06. The van der Waals surface area contributed by atoms with Crippen LogP contribution in [0.1, 0.15) is 33.7 Å². The van der Waals surface area contributed by atoms with Gasteiger partial charge in [0.2, 0.25) is 0 Å². The fourth-order valence-electron chi connectivity index (χ4n) is 3.64. The normalized spacial score (nSPS) is 15.2. The lowest BCUT2D eigenvalue weighted by Gasteiger charge is -2.12. The van der Waals surface area contributed by atoms with Gasteiger partial charge >= 0.3 is 5.97 Å². The van der Waals surface area contributed by atoms with Crippen molar-refractivity contribution >= 4 is 47.6 Å². The summed E-state index contributed by atoms with van der Waals surface area (Å²) in [4.78, 5) is 11.8. The predicted molar refractivity (Wildman–Crippen MR) is 124 cm³/mol. The summed E-state index contributed by atoms with van der Waals surface area (Å²) >= 11 is 0. The second-order valence-electron chi connectivity index (χ2n) is 7.21. The van der Waals surface area contributed by atoms with Crippen molar-refractivity contribution < 1.29 is 19.1 Å². The molecular weight excluding hydrogens is 441 g/mol. The van der Waals surface area contributed by atoms with Crippen LogP contribution in [-0.2, 0) is 12.8 Å². The monoisotopic (exact) mass is 465 g/mol. The van der Waals surface area contributed by atoms with Gasteiger partial charge in [-0.1, -0.05) is 12.1 Å². The summed E-state index contributed by atoms with van der Waals surface area (Å²) in [5, 5.41) is 21.0. The van der Waals surface area contributed by atoms with Gasteiger partial charge in [-0.2, -0.15) is 0 Å². The molecule has 4 rings (SSSR count). The molecule has 1 aliphatic rings. The molecule has 1 atom stereocenters. The summed E-state index contributed by atoms with van der Waals surface area (Å²) < 4.78 is 11.7. The Kier molecular flexibility index (Phi) is 8.33. The third kappa shape index (κ3) is 5.50. The lowest BCUT2D eigenvalue weighted by Crippen LogP contribution is -2.19. The van der Waals surface area contributed by atoms with Gasteiger partial charge in [-0.05, 0) is 55.3 Å². The predicted octanol–water partition coefficient (Wildman–Crippen LogP) is 3.78. The molecule has 2 heterocycles. The van der Waals surface area contributed by atoms with Crippen LogP contribution in [-0.4, -0.2) is 36.1 Å². The first-order valence-electron chi connectivity index (χ1n) is 9.60. The maximum absolute atomic E-state index is 11.8. The van der Waals surface area contributed by atoms with Crippen LogP contribution in [0.3, 0.4) is 0 Å². The molecule has 0 radical (unpaired) electrons. The van der Waals surface area contributed by atoms with E-state index >= 15 is 0 Å². The molecule has 5 N–H and O–H groups in total. The Hall–Kier alpha value is -2.74. The Labute approximate surface area is 192 Å². The summed E-state index contributed by atoms with van der Waals surface area (Å²) in [5.74, 6) is 0.106. The maximum atomic E-state index is 11.8. The number of nitrogens with one attached hydrogen (secondary N) is 2. The Morgan fingerprint density at radius 3 is 2.55 bits per heavy atom. The highest BCUT2D eigenvalue weighted by atomic mass is 35.5. The Balaban J connectivity index is 0.00000171. The Morgan fingerprint density at radius 2 is 1.94 bits per heavy atom. The van der Waals surface area contributed by atoms with Crippen molar-refractivity contribution in [1.82, 2.24) is 5.32 Å². The fourth-order valence-corrected chi connectivity index (χ4v) is 3.64. The minimum Gasteiger partial charge on any atom is -0.489 e. The third-order valence-electron chi connectivity index (χ3n) is 5.17. The van der Waals surface area contributed by atoms with Crippen molar-refractivity contribution in [2.24, 2.45) is 5.73 Å². The van der Waals surface area contributed by atoms with Crippen LogP contribution in [0, 0.1) is 5.41 Å². The van der Waals surface area contributed by atoms with Crippen LogP contribution in [0.15, 0.2) is 46.9 Å². The maximum Gasteiger partial charge on any atom is 0.339 e. The summed E-state index contributed by atoms with van der Waals surface area (Å²) in [6, 6.07) is 12.8. The van der Waals surface area contributed by atoms with E-state index in [2.05, 4.69) is 5.32 Å². The van der Waals surface area contributed by atoms with Crippen molar-refractivity contribution in [3.8, 4) is 5.75 Å². The molecule has 1 fully saturated rings. The van der Waals surface area contributed by atoms with Crippen molar-refractivity contribution in [1.29, 1.82) is 5.41 Å². The zero-order valence-electron chi connectivity index (χ0n) is 16.7. The largest absolute Gasteiger partial charge is 0.489 e. The molecule has 1 aliphatic heterocycles. The molecule has 0 bridgehead atoms. The van der Waals surface area contributed by atoms with Crippen LogP contribution >= 0.6 is 24.8 Å². The van der Waals surface area contributed by atoms with Crippen molar-refractivity contribution in [2.45, 2.75) is 25.4 Å². The number of carboxylic acid groups (broad SMARTS) is 1. The van der Waals surface area contributed by atoms with Gasteiger partial charge in [0, 0.05) is 23.9 Å².